The predicted molar refractivity (Wildman–Crippen MR) is 107 cm³/mol. The van der Waals surface area contributed by atoms with E-state index in [0.717, 1.165) is 19.3 Å². The molecule has 8 heteroatoms. The number of esters is 1. The van der Waals surface area contributed by atoms with Crippen LogP contribution in [0.5, 0.6) is 0 Å². The topological polar surface area (TPSA) is 114 Å². The van der Waals surface area contributed by atoms with Gasteiger partial charge < -0.3 is 20.0 Å². The van der Waals surface area contributed by atoms with Crippen LogP contribution in [-0.2, 0) is 19.1 Å². The van der Waals surface area contributed by atoms with Gasteiger partial charge in [-0.1, -0.05) is 11.2 Å². The first-order chi connectivity index (χ1) is 14.4. The van der Waals surface area contributed by atoms with Gasteiger partial charge in [-0.05, 0) is 74.5 Å². The van der Waals surface area contributed by atoms with Gasteiger partial charge in [0.1, 0.15) is 6.61 Å². The summed E-state index contributed by atoms with van der Waals surface area (Å²) in [6.45, 7) is -0.291. The largest absolute Gasteiger partial charge is 0.465 e. The molecule has 1 aromatic rings. The van der Waals surface area contributed by atoms with Crippen molar-refractivity contribution in [1.29, 1.82) is 0 Å². The molecule has 2 N–H and O–H groups in total. The predicted octanol–water partition coefficient (Wildman–Crippen LogP) is 2.80. The van der Waals surface area contributed by atoms with E-state index in [1.165, 1.54) is 38.5 Å². The molecule has 0 saturated heterocycles. The zero-order valence-corrected chi connectivity index (χ0v) is 16.9. The number of hydrogen-bond acceptors (Lipinski definition) is 7. The average molecular weight is 414 g/mol. The highest BCUT2D eigenvalue weighted by atomic mass is 16.5. The highest BCUT2D eigenvalue weighted by molar-refractivity contribution is 6.67. The number of oxime groups is 1. The third kappa shape index (κ3) is 4.09. The number of nitrogens with zero attached hydrogens (tertiary/aromatic N) is 1. The first-order valence-corrected chi connectivity index (χ1v) is 10.3. The molecule has 4 fully saturated rings. The Morgan fingerprint density at radius 1 is 1.13 bits per heavy atom. The Morgan fingerprint density at radius 3 is 2.33 bits per heavy atom. The van der Waals surface area contributed by atoms with E-state index in [1.54, 1.807) is 12.1 Å². The molecule has 0 heterocycles. The SMILES string of the molecule is COC(=O)c1cccc(NC(=O)/C(=N\O)C(=O)COC23CC4CC(CC(C4)C2)C3)c1. The van der Waals surface area contributed by atoms with Crippen molar-refractivity contribution in [3.63, 3.8) is 0 Å². The summed E-state index contributed by atoms with van der Waals surface area (Å²) < 4.78 is 10.7. The van der Waals surface area contributed by atoms with Crippen molar-refractivity contribution in [2.75, 3.05) is 19.0 Å². The number of methoxy groups -OCH3 is 1. The lowest BCUT2D eigenvalue weighted by atomic mass is 9.54. The number of rotatable bonds is 7. The van der Waals surface area contributed by atoms with Gasteiger partial charge >= 0.3 is 5.97 Å². The normalized spacial score (nSPS) is 29.5. The van der Waals surface area contributed by atoms with Gasteiger partial charge in [-0.3, -0.25) is 9.59 Å². The molecule has 4 bridgehead atoms. The summed E-state index contributed by atoms with van der Waals surface area (Å²) in [7, 11) is 1.26. The van der Waals surface area contributed by atoms with Gasteiger partial charge in [-0.2, -0.15) is 0 Å². The number of ketones is 1. The summed E-state index contributed by atoms with van der Waals surface area (Å²) in [5.74, 6) is -0.0798. The van der Waals surface area contributed by atoms with Gasteiger partial charge in [0.05, 0.1) is 18.3 Å². The molecular formula is C22H26N2O6. The summed E-state index contributed by atoms with van der Waals surface area (Å²) in [5, 5.41) is 14.6. The van der Waals surface area contributed by atoms with Crippen molar-refractivity contribution in [2.24, 2.45) is 22.9 Å². The van der Waals surface area contributed by atoms with E-state index >= 15 is 0 Å². The number of ether oxygens (including phenoxy) is 2. The van der Waals surface area contributed by atoms with Gasteiger partial charge in [-0.25, -0.2) is 4.79 Å². The summed E-state index contributed by atoms with van der Waals surface area (Å²) in [6, 6.07) is 6.06. The molecule has 1 aromatic carbocycles. The summed E-state index contributed by atoms with van der Waals surface area (Å²) >= 11 is 0. The van der Waals surface area contributed by atoms with E-state index in [9.17, 15) is 19.6 Å². The molecule has 4 aliphatic rings. The lowest BCUT2D eigenvalue weighted by Crippen LogP contribution is -2.52. The van der Waals surface area contributed by atoms with E-state index in [2.05, 4.69) is 15.2 Å². The Bertz CT molecular complexity index is 858. The number of anilines is 1. The Labute approximate surface area is 174 Å². The molecule has 0 radical (unpaired) electrons. The smallest absolute Gasteiger partial charge is 0.337 e. The summed E-state index contributed by atoms with van der Waals surface area (Å²) in [6.07, 6.45) is 6.66. The molecule has 0 atom stereocenters. The number of carbonyl (C=O) groups excluding carboxylic acids is 3. The molecule has 0 aromatic heterocycles. The molecule has 30 heavy (non-hydrogen) atoms. The minimum Gasteiger partial charge on any atom is -0.465 e. The van der Waals surface area contributed by atoms with Crippen LogP contribution in [0.1, 0.15) is 48.9 Å². The van der Waals surface area contributed by atoms with Crippen LogP contribution in [0, 0.1) is 17.8 Å². The van der Waals surface area contributed by atoms with Crippen LogP contribution < -0.4 is 5.32 Å². The van der Waals surface area contributed by atoms with Crippen LogP contribution in [-0.4, -0.2) is 47.9 Å². The second-order valence-electron chi connectivity index (χ2n) is 8.79. The Balaban J connectivity index is 1.37. The van der Waals surface area contributed by atoms with E-state index in [1.807, 2.05) is 0 Å². The minimum atomic E-state index is -0.862. The van der Waals surface area contributed by atoms with Crippen molar-refractivity contribution in [2.45, 2.75) is 44.1 Å². The van der Waals surface area contributed by atoms with E-state index < -0.39 is 23.4 Å². The Kier molecular flexibility index (Phi) is 5.60. The van der Waals surface area contributed by atoms with E-state index in [0.29, 0.717) is 17.8 Å². The minimum absolute atomic E-state index is 0.245. The van der Waals surface area contributed by atoms with Crippen LogP contribution >= 0.6 is 0 Å². The van der Waals surface area contributed by atoms with Gasteiger partial charge in [-0.15, -0.1) is 0 Å². The van der Waals surface area contributed by atoms with Crippen molar-refractivity contribution in [3.05, 3.63) is 29.8 Å². The highest BCUT2D eigenvalue weighted by Gasteiger charge is 2.52. The Hall–Kier alpha value is -2.74. The zero-order chi connectivity index (χ0) is 21.3. The number of hydrogen-bond donors (Lipinski definition) is 2. The van der Waals surface area contributed by atoms with Crippen molar-refractivity contribution in [3.8, 4) is 0 Å². The second-order valence-corrected chi connectivity index (χ2v) is 8.79. The van der Waals surface area contributed by atoms with Crippen LogP contribution in [0.15, 0.2) is 29.4 Å². The maximum Gasteiger partial charge on any atom is 0.337 e. The fourth-order valence-corrected chi connectivity index (χ4v) is 5.75. The zero-order valence-electron chi connectivity index (χ0n) is 16.9. The fourth-order valence-electron chi connectivity index (χ4n) is 5.75. The lowest BCUT2D eigenvalue weighted by Gasteiger charge is -2.56. The number of benzene rings is 1. The monoisotopic (exact) mass is 414 g/mol. The van der Waals surface area contributed by atoms with Gasteiger partial charge in [0.2, 0.25) is 11.5 Å². The van der Waals surface area contributed by atoms with Gasteiger partial charge in [0, 0.05) is 5.69 Å². The van der Waals surface area contributed by atoms with E-state index in [-0.39, 0.29) is 23.5 Å². The second kappa shape index (κ2) is 8.18. The van der Waals surface area contributed by atoms with Crippen LogP contribution in [0.25, 0.3) is 0 Å². The van der Waals surface area contributed by atoms with Crippen molar-refractivity contribution < 1.29 is 29.1 Å². The maximum absolute atomic E-state index is 12.6. The first-order valence-electron chi connectivity index (χ1n) is 10.3. The summed E-state index contributed by atoms with van der Waals surface area (Å²) in [5.41, 5.74) is -0.382. The molecule has 0 aliphatic heterocycles. The molecule has 160 valence electrons. The molecule has 5 rings (SSSR count). The van der Waals surface area contributed by atoms with Crippen LogP contribution in [0.2, 0.25) is 0 Å². The first kappa shape index (κ1) is 20.5. The summed E-state index contributed by atoms with van der Waals surface area (Å²) in [4.78, 5) is 36.7. The molecule has 4 saturated carbocycles. The number of Topliss-reactive ketones (excluding diaryl/α,β-unsaturated/α-hetero) is 1. The molecule has 4 aliphatic carbocycles. The maximum atomic E-state index is 12.6. The third-order valence-corrected chi connectivity index (χ3v) is 6.61. The Morgan fingerprint density at radius 2 is 1.77 bits per heavy atom. The quantitative estimate of drug-likeness (QED) is 0.233. The third-order valence-electron chi connectivity index (χ3n) is 6.61. The van der Waals surface area contributed by atoms with Crippen molar-refractivity contribution >= 4 is 29.1 Å². The average Bonchev–Trinajstić information content (AvgIpc) is 2.71. The molecule has 8 nitrogen and oxygen atoms in total. The van der Waals surface area contributed by atoms with E-state index in [4.69, 9.17) is 4.74 Å². The number of nitrogens with one attached hydrogen (secondary N) is 1. The van der Waals surface area contributed by atoms with Gasteiger partial charge in [0.25, 0.3) is 5.91 Å². The van der Waals surface area contributed by atoms with Crippen LogP contribution in [0.4, 0.5) is 5.69 Å². The molecule has 0 spiro atoms. The fraction of sp³-hybridized carbons (Fsp3) is 0.545. The number of carbonyl (C=O) groups is 3. The molecular weight excluding hydrogens is 388 g/mol. The highest BCUT2D eigenvalue weighted by Crippen LogP contribution is 2.57. The molecule has 1 amide bonds. The van der Waals surface area contributed by atoms with Gasteiger partial charge in [0.15, 0.2) is 0 Å². The molecule has 0 unspecified atom stereocenters. The number of amides is 1. The lowest BCUT2D eigenvalue weighted by molar-refractivity contribution is -0.166. The van der Waals surface area contributed by atoms with Crippen molar-refractivity contribution in [1.82, 2.24) is 0 Å². The van der Waals surface area contributed by atoms with Crippen LogP contribution in [0.3, 0.4) is 0 Å². The standard InChI is InChI=1S/C22H26N2O6/c1-29-21(27)16-3-2-4-17(8-16)23-20(26)19(24-28)18(25)12-30-22-9-13-5-14(10-22)7-15(6-13)11-22/h2-4,8,13-15,28H,5-7,9-12H2,1H3,(H,23,26)/b24-19-.